The van der Waals surface area contributed by atoms with Gasteiger partial charge >= 0.3 is 5.97 Å². The molecule has 1 heterocycles. The minimum Gasteiger partial charge on any atom is -0.480 e. The lowest BCUT2D eigenvalue weighted by Crippen LogP contribution is -2.42. The Kier molecular flexibility index (Phi) is 17.5. The van der Waals surface area contributed by atoms with Crippen LogP contribution in [0.3, 0.4) is 0 Å². The standard InChI is InChI=1S/C35H48N6O11S/c1-39(17-6-2-3-11-29(43)37-22-53-28-20-31(45)40(35(28)50)19-16-30(44)36-21-32(46)47)18-7-10-27(42)25-8-4-5-9-26(25)34(49)38-33(48)23-12-14-24(15-13-23)41(51)52/h12-15,25-26,28H,2-11,16-22H2,1H3,(H,36,44)(H,37,43)(H,46,47)(H,38,48,49)/t25-,26+,28?/m0/s1. The van der Waals surface area contributed by atoms with E-state index in [0.717, 1.165) is 48.9 Å². The van der Waals surface area contributed by atoms with Gasteiger partial charge in [-0.1, -0.05) is 19.3 Å². The fourth-order valence-corrected chi connectivity index (χ4v) is 7.29. The fourth-order valence-electron chi connectivity index (χ4n) is 6.31. The SMILES string of the molecule is CN(CCCCCC(=O)NCSC1CC(=O)N(CCC(=O)NCC(=O)O)C1=O)CCCC(=O)[C@H]1CCCC[C@H]1C(=O)NC(=O)c1ccc([N+](=O)[O-])cc1. The number of carbonyl (C=O) groups excluding carboxylic acids is 7. The number of ketones is 1. The third kappa shape index (κ3) is 14.3. The van der Waals surface area contributed by atoms with Gasteiger partial charge in [-0.15, -0.1) is 11.8 Å². The Bertz CT molecular complexity index is 1520. The minimum atomic E-state index is -1.20. The van der Waals surface area contributed by atoms with Crippen LogP contribution in [0.4, 0.5) is 5.69 Å². The molecule has 0 bridgehead atoms. The second-order valence-corrected chi connectivity index (χ2v) is 14.4. The first-order chi connectivity index (χ1) is 25.3. The number of rotatable bonds is 22. The fraction of sp³-hybridized carbons (Fsp3) is 0.600. The normalized spacial score (nSPS) is 18.5. The number of nitro benzene ring substituents is 1. The molecule has 1 aromatic carbocycles. The molecule has 53 heavy (non-hydrogen) atoms. The number of carboxylic acids is 1. The number of thioether (sulfide) groups is 1. The Morgan fingerprint density at radius 3 is 2.25 bits per heavy atom. The van der Waals surface area contributed by atoms with Gasteiger partial charge in [0.05, 0.1) is 16.1 Å². The van der Waals surface area contributed by atoms with Crippen LogP contribution in [0.1, 0.15) is 87.4 Å². The number of carboxylic acid groups (broad SMARTS) is 1. The highest BCUT2D eigenvalue weighted by atomic mass is 32.2. The summed E-state index contributed by atoms with van der Waals surface area (Å²) in [4.78, 5) is 111. The van der Waals surface area contributed by atoms with E-state index in [9.17, 15) is 48.5 Å². The number of hydrogen-bond donors (Lipinski definition) is 4. The van der Waals surface area contributed by atoms with Crippen molar-refractivity contribution in [3.8, 4) is 0 Å². The predicted octanol–water partition coefficient (Wildman–Crippen LogP) is 2.02. The zero-order chi connectivity index (χ0) is 38.9. The Hall–Kier alpha value is -4.71. The van der Waals surface area contributed by atoms with Crippen molar-refractivity contribution in [2.75, 3.05) is 39.1 Å². The van der Waals surface area contributed by atoms with Gasteiger partial charge in [0.1, 0.15) is 12.3 Å². The number of unbranched alkanes of at least 4 members (excludes halogenated alkanes) is 2. The van der Waals surface area contributed by atoms with Gasteiger partial charge in [0.25, 0.3) is 11.6 Å². The second-order valence-electron chi connectivity index (χ2n) is 13.2. The molecular weight excluding hydrogens is 712 g/mol. The number of nitro groups is 1. The first-order valence-electron chi connectivity index (χ1n) is 17.8. The van der Waals surface area contributed by atoms with Crippen molar-refractivity contribution in [2.24, 2.45) is 11.8 Å². The van der Waals surface area contributed by atoms with E-state index in [0.29, 0.717) is 45.1 Å². The van der Waals surface area contributed by atoms with Crippen molar-refractivity contribution in [2.45, 2.75) is 82.3 Å². The molecule has 3 atom stereocenters. The maximum absolute atomic E-state index is 13.1. The second kappa shape index (κ2) is 21.7. The van der Waals surface area contributed by atoms with Crippen molar-refractivity contribution in [1.29, 1.82) is 0 Å². The molecule has 4 N–H and O–H groups in total. The zero-order valence-corrected chi connectivity index (χ0v) is 30.7. The number of hydrogen-bond acceptors (Lipinski definition) is 12. The van der Waals surface area contributed by atoms with Crippen LogP contribution in [-0.4, -0.2) is 111 Å². The Morgan fingerprint density at radius 1 is 0.906 bits per heavy atom. The van der Waals surface area contributed by atoms with Gasteiger partial charge in [-0.05, 0) is 64.4 Å². The van der Waals surface area contributed by atoms with Gasteiger partial charge in [0, 0.05) is 61.8 Å². The summed E-state index contributed by atoms with van der Waals surface area (Å²) in [5.41, 5.74) is -0.0454. The summed E-state index contributed by atoms with van der Waals surface area (Å²) in [6, 6.07) is 4.95. The molecule has 1 unspecified atom stereocenters. The molecule has 0 spiro atoms. The number of nitrogens with one attached hydrogen (secondary N) is 3. The van der Waals surface area contributed by atoms with Crippen LogP contribution in [0, 0.1) is 22.0 Å². The number of non-ortho nitro benzene ring substituents is 1. The lowest BCUT2D eigenvalue weighted by Gasteiger charge is -2.29. The summed E-state index contributed by atoms with van der Waals surface area (Å²) >= 11 is 1.14. The topological polar surface area (TPSA) is 242 Å². The van der Waals surface area contributed by atoms with E-state index in [2.05, 4.69) is 20.9 Å². The highest BCUT2D eigenvalue weighted by Crippen LogP contribution is 2.32. The van der Waals surface area contributed by atoms with Crippen LogP contribution < -0.4 is 16.0 Å². The van der Waals surface area contributed by atoms with E-state index in [1.54, 1.807) is 0 Å². The molecule has 1 saturated carbocycles. The highest BCUT2D eigenvalue weighted by molar-refractivity contribution is 8.00. The third-order valence-corrected chi connectivity index (χ3v) is 10.3. The monoisotopic (exact) mass is 760 g/mol. The van der Waals surface area contributed by atoms with Crippen molar-refractivity contribution >= 4 is 64.6 Å². The molecule has 1 aliphatic heterocycles. The number of benzene rings is 1. The van der Waals surface area contributed by atoms with E-state index in [4.69, 9.17) is 5.11 Å². The van der Waals surface area contributed by atoms with Crippen LogP contribution in [-0.2, 0) is 33.6 Å². The number of aliphatic carboxylic acids is 1. The smallest absolute Gasteiger partial charge is 0.322 e. The molecule has 3 rings (SSSR count). The van der Waals surface area contributed by atoms with Crippen molar-refractivity contribution in [3.63, 3.8) is 0 Å². The van der Waals surface area contributed by atoms with Gasteiger partial charge in [-0.25, -0.2) is 0 Å². The molecular formula is C35H48N6O11S. The number of carbonyl (C=O) groups is 8. The average Bonchev–Trinajstić information content (AvgIpc) is 3.40. The average molecular weight is 761 g/mol. The maximum atomic E-state index is 13.1. The largest absolute Gasteiger partial charge is 0.480 e. The minimum absolute atomic E-state index is 0.00503. The van der Waals surface area contributed by atoms with Gasteiger partial charge in [-0.2, -0.15) is 0 Å². The Balaban J connectivity index is 1.25. The third-order valence-electron chi connectivity index (χ3n) is 9.26. The maximum Gasteiger partial charge on any atom is 0.322 e. The van der Waals surface area contributed by atoms with E-state index in [1.807, 2.05) is 7.05 Å². The first kappa shape index (κ1) is 42.7. The molecule has 2 fully saturated rings. The van der Waals surface area contributed by atoms with Gasteiger partial charge in [-0.3, -0.25) is 58.7 Å². The molecule has 18 heteroatoms. The summed E-state index contributed by atoms with van der Waals surface area (Å²) in [5.74, 6) is -4.86. The quantitative estimate of drug-likeness (QED) is 0.0435. The predicted molar refractivity (Wildman–Crippen MR) is 192 cm³/mol. The van der Waals surface area contributed by atoms with E-state index in [-0.39, 0.29) is 48.2 Å². The Morgan fingerprint density at radius 2 is 1.57 bits per heavy atom. The first-order valence-corrected chi connectivity index (χ1v) is 18.8. The van der Waals surface area contributed by atoms with E-state index in [1.165, 1.54) is 24.3 Å². The van der Waals surface area contributed by atoms with E-state index >= 15 is 0 Å². The molecule has 17 nitrogen and oxygen atoms in total. The lowest BCUT2D eigenvalue weighted by molar-refractivity contribution is -0.384. The van der Waals surface area contributed by atoms with Crippen LogP contribution in [0.15, 0.2) is 24.3 Å². The van der Waals surface area contributed by atoms with Crippen LogP contribution in [0.5, 0.6) is 0 Å². The van der Waals surface area contributed by atoms with Gasteiger partial charge in [0.2, 0.25) is 29.5 Å². The molecule has 0 radical (unpaired) electrons. The molecule has 290 valence electrons. The zero-order valence-electron chi connectivity index (χ0n) is 29.8. The number of imide groups is 2. The summed E-state index contributed by atoms with van der Waals surface area (Å²) < 4.78 is 0. The summed E-state index contributed by atoms with van der Waals surface area (Å²) in [7, 11) is 1.96. The molecule has 6 amide bonds. The molecule has 1 aromatic rings. The molecule has 1 saturated heterocycles. The molecule has 2 aliphatic rings. The number of Topliss-reactive ketones (excluding diaryl/α,β-unsaturated/α-hetero) is 1. The van der Waals surface area contributed by atoms with E-state index < -0.39 is 64.1 Å². The van der Waals surface area contributed by atoms with Crippen LogP contribution in [0.25, 0.3) is 0 Å². The molecule has 0 aromatic heterocycles. The lowest BCUT2D eigenvalue weighted by atomic mass is 9.75. The molecule has 1 aliphatic carbocycles. The van der Waals surface area contributed by atoms with Crippen LogP contribution >= 0.6 is 11.8 Å². The van der Waals surface area contributed by atoms with Crippen molar-refractivity contribution in [1.82, 2.24) is 25.8 Å². The van der Waals surface area contributed by atoms with Gasteiger partial charge < -0.3 is 20.6 Å². The van der Waals surface area contributed by atoms with Crippen molar-refractivity contribution in [3.05, 3.63) is 39.9 Å². The highest BCUT2D eigenvalue weighted by Gasteiger charge is 2.39. The Labute approximate surface area is 311 Å². The number of nitrogens with zero attached hydrogens (tertiary/aromatic N) is 3. The van der Waals surface area contributed by atoms with Gasteiger partial charge in [0.15, 0.2) is 0 Å². The number of likely N-dealkylation sites (tertiary alicyclic amines) is 1. The summed E-state index contributed by atoms with van der Waals surface area (Å²) in [5, 5.41) is 26.1. The summed E-state index contributed by atoms with van der Waals surface area (Å²) in [6.45, 7) is 0.780. The van der Waals surface area contributed by atoms with Crippen molar-refractivity contribution < 1.29 is 48.4 Å². The summed E-state index contributed by atoms with van der Waals surface area (Å²) in [6.07, 6.45) is 6.05. The van der Waals surface area contributed by atoms with Crippen LogP contribution in [0.2, 0.25) is 0 Å². The number of amides is 6.